The van der Waals surface area contributed by atoms with Gasteiger partial charge in [0.15, 0.2) is 0 Å². The summed E-state index contributed by atoms with van der Waals surface area (Å²) in [6.45, 7) is 10.6. The fourth-order valence-corrected chi connectivity index (χ4v) is 2.87. The first-order valence-electron chi connectivity index (χ1n) is 7.51. The minimum atomic E-state index is 0.149. The Morgan fingerprint density at radius 3 is 2.32 bits per heavy atom. The zero-order valence-corrected chi connectivity index (χ0v) is 12.6. The quantitative estimate of drug-likeness (QED) is 0.898. The van der Waals surface area contributed by atoms with Gasteiger partial charge in [-0.05, 0) is 42.8 Å². The summed E-state index contributed by atoms with van der Waals surface area (Å²) in [6, 6.07) is 10.6. The number of hydrogen-bond donors (Lipinski definition) is 1. The zero-order valence-electron chi connectivity index (χ0n) is 12.6. The van der Waals surface area contributed by atoms with Gasteiger partial charge >= 0.3 is 0 Å². The standard InChI is InChI=1S/C17H28N2/c1-14(16(18)15-7-5-4-6-8-15)13-19-11-9-17(2,3)10-12-19/h4-8,14,16H,9-13,18H2,1-3H3. The van der Waals surface area contributed by atoms with Crippen LogP contribution in [0.4, 0.5) is 0 Å². The Morgan fingerprint density at radius 2 is 1.74 bits per heavy atom. The number of piperidine rings is 1. The molecule has 0 radical (unpaired) electrons. The highest BCUT2D eigenvalue weighted by molar-refractivity contribution is 5.19. The predicted octanol–water partition coefficient (Wildman–Crippen LogP) is 3.44. The lowest BCUT2D eigenvalue weighted by atomic mass is 9.82. The molecule has 2 unspecified atom stereocenters. The highest BCUT2D eigenvalue weighted by Gasteiger charge is 2.27. The molecule has 0 amide bonds. The van der Waals surface area contributed by atoms with E-state index >= 15 is 0 Å². The normalized spacial score (nSPS) is 22.9. The van der Waals surface area contributed by atoms with E-state index in [0.29, 0.717) is 11.3 Å². The van der Waals surface area contributed by atoms with Crippen molar-refractivity contribution in [1.82, 2.24) is 4.90 Å². The predicted molar refractivity (Wildman–Crippen MR) is 82.0 cm³/mol. The van der Waals surface area contributed by atoms with E-state index in [0.717, 1.165) is 6.54 Å². The van der Waals surface area contributed by atoms with Crippen LogP contribution in [-0.2, 0) is 0 Å². The van der Waals surface area contributed by atoms with Crippen molar-refractivity contribution in [2.24, 2.45) is 17.1 Å². The van der Waals surface area contributed by atoms with Crippen LogP contribution in [0.15, 0.2) is 30.3 Å². The summed E-state index contributed by atoms with van der Waals surface area (Å²) in [6.07, 6.45) is 2.61. The Labute approximate surface area is 118 Å². The molecule has 2 N–H and O–H groups in total. The van der Waals surface area contributed by atoms with Crippen molar-refractivity contribution in [2.75, 3.05) is 19.6 Å². The Bertz CT molecular complexity index is 376. The number of benzene rings is 1. The monoisotopic (exact) mass is 260 g/mol. The Kier molecular flexibility index (Phi) is 4.64. The second-order valence-corrected chi connectivity index (χ2v) is 6.88. The van der Waals surface area contributed by atoms with Gasteiger partial charge in [0.05, 0.1) is 0 Å². The minimum absolute atomic E-state index is 0.149. The van der Waals surface area contributed by atoms with Crippen LogP contribution in [0.2, 0.25) is 0 Å². The maximum atomic E-state index is 6.38. The van der Waals surface area contributed by atoms with E-state index in [4.69, 9.17) is 5.73 Å². The molecule has 2 heteroatoms. The van der Waals surface area contributed by atoms with Crippen molar-refractivity contribution < 1.29 is 0 Å². The topological polar surface area (TPSA) is 29.3 Å². The first-order valence-corrected chi connectivity index (χ1v) is 7.51. The van der Waals surface area contributed by atoms with Crippen LogP contribution in [0.5, 0.6) is 0 Å². The molecule has 0 bridgehead atoms. The average molecular weight is 260 g/mol. The van der Waals surface area contributed by atoms with Crippen LogP contribution in [-0.4, -0.2) is 24.5 Å². The van der Waals surface area contributed by atoms with Gasteiger partial charge in [0.1, 0.15) is 0 Å². The SMILES string of the molecule is CC(CN1CCC(C)(C)CC1)C(N)c1ccccc1. The highest BCUT2D eigenvalue weighted by Crippen LogP contribution is 2.30. The first kappa shape index (κ1) is 14.5. The molecule has 1 aromatic carbocycles. The Hall–Kier alpha value is -0.860. The second kappa shape index (κ2) is 6.06. The van der Waals surface area contributed by atoms with Crippen molar-refractivity contribution in [3.8, 4) is 0 Å². The largest absolute Gasteiger partial charge is 0.324 e. The van der Waals surface area contributed by atoms with Gasteiger partial charge in [0.25, 0.3) is 0 Å². The van der Waals surface area contributed by atoms with Gasteiger partial charge in [-0.3, -0.25) is 0 Å². The summed E-state index contributed by atoms with van der Waals surface area (Å²) >= 11 is 0. The molecular weight excluding hydrogens is 232 g/mol. The molecule has 1 saturated heterocycles. The van der Waals surface area contributed by atoms with Crippen molar-refractivity contribution in [3.05, 3.63) is 35.9 Å². The molecule has 2 atom stereocenters. The van der Waals surface area contributed by atoms with Crippen LogP contribution in [0.25, 0.3) is 0 Å². The van der Waals surface area contributed by atoms with E-state index in [9.17, 15) is 0 Å². The molecule has 1 fully saturated rings. The number of nitrogens with two attached hydrogens (primary N) is 1. The van der Waals surface area contributed by atoms with Gasteiger partial charge in [0, 0.05) is 12.6 Å². The molecule has 106 valence electrons. The average Bonchev–Trinajstić information content (AvgIpc) is 2.41. The number of hydrogen-bond acceptors (Lipinski definition) is 2. The molecule has 1 aliphatic rings. The fraction of sp³-hybridized carbons (Fsp3) is 0.647. The fourth-order valence-electron chi connectivity index (χ4n) is 2.87. The van der Waals surface area contributed by atoms with Crippen LogP contribution in [0, 0.1) is 11.3 Å². The molecular formula is C17H28N2. The smallest absolute Gasteiger partial charge is 0.0333 e. The van der Waals surface area contributed by atoms with E-state index in [2.05, 4.69) is 49.9 Å². The van der Waals surface area contributed by atoms with Gasteiger partial charge in [-0.2, -0.15) is 0 Å². The van der Waals surface area contributed by atoms with Crippen LogP contribution < -0.4 is 5.73 Å². The molecule has 1 heterocycles. The maximum absolute atomic E-state index is 6.38. The number of nitrogens with zero attached hydrogens (tertiary/aromatic N) is 1. The molecule has 1 aliphatic heterocycles. The third kappa shape index (κ3) is 4.05. The van der Waals surface area contributed by atoms with E-state index < -0.39 is 0 Å². The lowest BCUT2D eigenvalue weighted by molar-refractivity contribution is 0.115. The maximum Gasteiger partial charge on any atom is 0.0333 e. The molecule has 0 aliphatic carbocycles. The summed E-state index contributed by atoms with van der Waals surface area (Å²) in [4.78, 5) is 2.58. The molecule has 0 aromatic heterocycles. The van der Waals surface area contributed by atoms with Crippen LogP contribution >= 0.6 is 0 Å². The summed E-state index contributed by atoms with van der Waals surface area (Å²) in [5, 5.41) is 0. The number of rotatable bonds is 4. The third-order valence-corrected chi connectivity index (χ3v) is 4.55. The van der Waals surface area contributed by atoms with Crippen LogP contribution in [0.3, 0.4) is 0 Å². The van der Waals surface area contributed by atoms with Gasteiger partial charge in [-0.15, -0.1) is 0 Å². The van der Waals surface area contributed by atoms with E-state index in [1.165, 1.54) is 31.5 Å². The molecule has 1 aromatic rings. The van der Waals surface area contributed by atoms with Gasteiger partial charge < -0.3 is 10.6 Å². The summed E-state index contributed by atoms with van der Waals surface area (Å²) < 4.78 is 0. The third-order valence-electron chi connectivity index (χ3n) is 4.55. The van der Waals surface area contributed by atoms with Crippen molar-refractivity contribution in [3.63, 3.8) is 0 Å². The summed E-state index contributed by atoms with van der Waals surface area (Å²) in [5.41, 5.74) is 8.17. The highest BCUT2D eigenvalue weighted by atomic mass is 15.1. The van der Waals surface area contributed by atoms with Gasteiger partial charge in [-0.25, -0.2) is 0 Å². The van der Waals surface area contributed by atoms with Crippen molar-refractivity contribution >= 4 is 0 Å². The summed E-state index contributed by atoms with van der Waals surface area (Å²) in [5.74, 6) is 0.503. The second-order valence-electron chi connectivity index (χ2n) is 6.88. The first-order chi connectivity index (χ1) is 8.98. The molecule has 0 saturated carbocycles. The van der Waals surface area contributed by atoms with E-state index in [-0.39, 0.29) is 6.04 Å². The summed E-state index contributed by atoms with van der Waals surface area (Å²) in [7, 11) is 0. The van der Waals surface area contributed by atoms with Crippen molar-refractivity contribution in [1.29, 1.82) is 0 Å². The molecule has 2 nitrogen and oxygen atoms in total. The van der Waals surface area contributed by atoms with Gasteiger partial charge in [0.2, 0.25) is 0 Å². The molecule has 0 spiro atoms. The molecule has 2 rings (SSSR count). The Balaban J connectivity index is 1.86. The van der Waals surface area contributed by atoms with E-state index in [1.54, 1.807) is 0 Å². The van der Waals surface area contributed by atoms with E-state index in [1.807, 2.05) is 6.07 Å². The number of likely N-dealkylation sites (tertiary alicyclic amines) is 1. The lowest BCUT2D eigenvalue weighted by Gasteiger charge is -2.38. The van der Waals surface area contributed by atoms with Crippen LogP contribution in [0.1, 0.15) is 45.2 Å². The van der Waals surface area contributed by atoms with Crippen molar-refractivity contribution in [2.45, 2.75) is 39.7 Å². The Morgan fingerprint density at radius 1 is 1.16 bits per heavy atom. The molecule has 19 heavy (non-hydrogen) atoms. The van der Waals surface area contributed by atoms with Gasteiger partial charge in [-0.1, -0.05) is 51.1 Å². The zero-order chi connectivity index (χ0) is 13.9. The lowest BCUT2D eigenvalue weighted by Crippen LogP contribution is -2.41. The minimum Gasteiger partial charge on any atom is -0.324 e.